The summed E-state index contributed by atoms with van der Waals surface area (Å²) < 4.78 is 0. The van der Waals surface area contributed by atoms with E-state index < -0.39 is 0 Å². The average Bonchev–Trinajstić information content (AvgIpc) is 2.35. The van der Waals surface area contributed by atoms with E-state index in [2.05, 4.69) is 10.3 Å². The lowest BCUT2D eigenvalue weighted by molar-refractivity contribution is 0.0949. The van der Waals surface area contributed by atoms with E-state index >= 15 is 0 Å². The number of benzene rings is 1. The molecule has 0 saturated carbocycles. The predicted octanol–water partition coefficient (Wildman–Crippen LogP) is 1.23. The number of carbonyl (C=O) groups excluding carboxylic acids is 1. The van der Waals surface area contributed by atoms with E-state index in [9.17, 15) is 4.79 Å². The molecular weight excluding hydrogens is 214 g/mol. The number of nitrogens with two attached hydrogens (primary N) is 1. The van der Waals surface area contributed by atoms with Crippen LogP contribution in [0.4, 0.5) is 0 Å². The van der Waals surface area contributed by atoms with Crippen LogP contribution in [0.15, 0.2) is 30.3 Å². The smallest absolute Gasteiger partial charge is 0.270 e. The van der Waals surface area contributed by atoms with Crippen molar-refractivity contribution in [1.29, 1.82) is 0 Å². The Morgan fingerprint density at radius 2 is 2.18 bits per heavy atom. The fourth-order valence-electron chi connectivity index (χ4n) is 1.72. The van der Waals surface area contributed by atoms with Crippen molar-refractivity contribution in [3.05, 3.63) is 41.6 Å². The number of rotatable bonds is 3. The summed E-state index contributed by atoms with van der Waals surface area (Å²) in [5, 5.41) is 3.77. The van der Waals surface area contributed by atoms with Crippen LogP contribution >= 0.6 is 0 Å². The van der Waals surface area contributed by atoms with Crippen molar-refractivity contribution in [1.82, 2.24) is 10.3 Å². The van der Waals surface area contributed by atoms with Gasteiger partial charge < -0.3 is 11.1 Å². The number of nitrogens with one attached hydrogen (secondary N) is 1. The monoisotopic (exact) mass is 229 g/mol. The van der Waals surface area contributed by atoms with Crippen LogP contribution in [0, 0.1) is 6.92 Å². The molecule has 0 saturated heterocycles. The van der Waals surface area contributed by atoms with Gasteiger partial charge in [0, 0.05) is 18.5 Å². The fourth-order valence-corrected chi connectivity index (χ4v) is 1.72. The van der Waals surface area contributed by atoms with E-state index in [1.165, 1.54) is 0 Å². The molecule has 0 fully saturated rings. The molecule has 3 N–H and O–H groups in total. The Morgan fingerprint density at radius 3 is 2.94 bits per heavy atom. The third-order valence-corrected chi connectivity index (χ3v) is 2.56. The molecule has 1 amide bonds. The van der Waals surface area contributed by atoms with Crippen molar-refractivity contribution < 1.29 is 4.79 Å². The van der Waals surface area contributed by atoms with Crippen LogP contribution < -0.4 is 11.1 Å². The number of para-hydroxylation sites is 1. The predicted molar refractivity (Wildman–Crippen MR) is 67.9 cm³/mol. The molecule has 0 atom stereocenters. The van der Waals surface area contributed by atoms with Gasteiger partial charge >= 0.3 is 0 Å². The highest BCUT2D eigenvalue weighted by Crippen LogP contribution is 2.15. The first-order chi connectivity index (χ1) is 8.22. The number of aryl methyl sites for hydroxylation is 1. The first-order valence-corrected chi connectivity index (χ1v) is 5.57. The molecule has 1 aromatic carbocycles. The maximum absolute atomic E-state index is 11.8. The van der Waals surface area contributed by atoms with Crippen LogP contribution in [-0.2, 0) is 0 Å². The second-order valence-electron chi connectivity index (χ2n) is 3.89. The molecule has 4 heteroatoms. The average molecular weight is 229 g/mol. The van der Waals surface area contributed by atoms with E-state index in [4.69, 9.17) is 5.73 Å². The zero-order valence-corrected chi connectivity index (χ0v) is 9.73. The lowest BCUT2D eigenvalue weighted by Gasteiger charge is -2.07. The van der Waals surface area contributed by atoms with E-state index in [1.54, 1.807) is 0 Å². The van der Waals surface area contributed by atoms with Crippen molar-refractivity contribution in [3.8, 4) is 0 Å². The molecule has 1 heterocycles. The number of pyridine rings is 1. The summed E-state index contributed by atoms with van der Waals surface area (Å²) in [5.41, 5.74) is 7.52. The molecule has 88 valence electrons. The van der Waals surface area contributed by atoms with Crippen LogP contribution in [0.5, 0.6) is 0 Å². The van der Waals surface area contributed by atoms with Gasteiger partial charge in [-0.25, -0.2) is 4.98 Å². The van der Waals surface area contributed by atoms with Gasteiger partial charge in [0.15, 0.2) is 0 Å². The van der Waals surface area contributed by atoms with Gasteiger partial charge in [-0.3, -0.25) is 4.79 Å². The summed E-state index contributed by atoms with van der Waals surface area (Å²) in [7, 11) is 0. The van der Waals surface area contributed by atoms with Crippen molar-refractivity contribution in [2.45, 2.75) is 6.92 Å². The molecule has 1 aromatic heterocycles. The number of amides is 1. The minimum atomic E-state index is -0.168. The second kappa shape index (κ2) is 4.93. The molecular formula is C13H15N3O. The van der Waals surface area contributed by atoms with Crippen LogP contribution in [0.3, 0.4) is 0 Å². The normalized spacial score (nSPS) is 10.5. The van der Waals surface area contributed by atoms with Crippen molar-refractivity contribution in [2.75, 3.05) is 13.1 Å². The minimum Gasteiger partial charge on any atom is -0.349 e. The van der Waals surface area contributed by atoms with Crippen molar-refractivity contribution >= 4 is 16.8 Å². The molecule has 2 rings (SSSR count). The van der Waals surface area contributed by atoms with Crippen LogP contribution in [0.25, 0.3) is 10.9 Å². The zero-order chi connectivity index (χ0) is 12.3. The van der Waals surface area contributed by atoms with Crippen LogP contribution in [0.2, 0.25) is 0 Å². The lowest BCUT2D eigenvalue weighted by atomic mass is 10.1. The first kappa shape index (κ1) is 11.5. The number of hydrogen-bond donors (Lipinski definition) is 2. The number of hydrogen-bond acceptors (Lipinski definition) is 3. The Balaban J connectivity index is 2.40. The summed E-state index contributed by atoms with van der Waals surface area (Å²) in [5.74, 6) is -0.168. The molecule has 0 aliphatic carbocycles. The SMILES string of the molecule is Cc1cc2ccccc2nc1C(=O)NCCN. The topological polar surface area (TPSA) is 68.0 Å². The molecule has 0 aliphatic rings. The number of fused-ring (bicyclic) bond motifs is 1. The summed E-state index contributed by atoms with van der Waals surface area (Å²) in [6.07, 6.45) is 0. The molecule has 0 spiro atoms. The van der Waals surface area contributed by atoms with Gasteiger partial charge in [0.2, 0.25) is 0 Å². The largest absolute Gasteiger partial charge is 0.349 e. The van der Waals surface area contributed by atoms with E-state index in [0.717, 1.165) is 16.5 Å². The Morgan fingerprint density at radius 1 is 1.41 bits per heavy atom. The molecule has 0 aliphatic heterocycles. The minimum absolute atomic E-state index is 0.168. The van der Waals surface area contributed by atoms with Crippen molar-refractivity contribution in [2.24, 2.45) is 5.73 Å². The Bertz CT molecular complexity index is 551. The molecule has 0 radical (unpaired) electrons. The van der Waals surface area contributed by atoms with Gasteiger partial charge in [-0.1, -0.05) is 18.2 Å². The fraction of sp³-hybridized carbons (Fsp3) is 0.231. The summed E-state index contributed by atoms with van der Waals surface area (Å²) in [6, 6.07) is 9.72. The van der Waals surface area contributed by atoms with E-state index in [0.29, 0.717) is 18.8 Å². The van der Waals surface area contributed by atoms with Gasteiger partial charge in [-0.05, 0) is 24.6 Å². The lowest BCUT2D eigenvalue weighted by Crippen LogP contribution is -2.30. The summed E-state index contributed by atoms with van der Waals surface area (Å²) in [6.45, 7) is 2.78. The number of carbonyl (C=O) groups is 1. The molecule has 17 heavy (non-hydrogen) atoms. The molecule has 4 nitrogen and oxygen atoms in total. The third-order valence-electron chi connectivity index (χ3n) is 2.56. The Labute approximate surface area is 99.8 Å². The van der Waals surface area contributed by atoms with Crippen LogP contribution in [0.1, 0.15) is 16.1 Å². The Kier molecular flexibility index (Phi) is 3.35. The Hall–Kier alpha value is -1.94. The highest BCUT2D eigenvalue weighted by molar-refractivity contribution is 5.96. The van der Waals surface area contributed by atoms with Gasteiger partial charge in [0.25, 0.3) is 5.91 Å². The van der Waals surface area contributed by atoms with Gasteiger partial charge in [0.05, 0.1) is 5.52 Å². The first-order valence-electron chi connectivity index (χ1n) is 5.57. The van der Waals surface area contributed by atoms with Crippen molar-refractivity contribution in [3.63, 3.8) is 0 Å². The van der Waals surface area contributed by atoms with Gasteiger partial charge in [-0.2, -0.15) is 0 Å². The van der Waals surface area contributed by atoms with E-state index in [1.807, 2.05) is 37.3 Å². The molecule has 0 unspecified atom stereocenters. The summed E-state index contributed by atoms with van der Waals surface area (Å²) >= 11 is 0. The standard InChI is InChI=1S/C13H15N3O/c1-9-8-10-4-2-3-5-11(10)16-12(9)13(17)15-7-6-14/h2-5,8H,6-7,14H2,1H3,(H,15,17). The van der Waals surface area contributed by atoms with E-state index in [-0.39, 0.29) is 5.91 Å². The zero-order valence-electron chi connectivity index (χ0n) is 9.73. The maximum Gasteiger partial charge on any atom is 0.270 e. The highest BCUT2D eigenvalue weighted by Gasteiger charge is 2.11. The maximum atomic E-state index is 11.8. The molecule has 2 aromatic rings. The number of aromatic nitrogens is 1. The number of nitrogens with zero attached hydrogens (tertiary/aromatic N) is 1. The third kappa shape index (κ3) is 2.42. The van der Waals surface area contributed by atoms with Gasteiger partial charge in [0.1, 0.15) is 5.69 Å². The quantitative estimate of drug-likeness (QED) is 0.831. The van der Waals surface area contributed by atoms with Gasteiger partial charge in [-0.15, -0.1) is 0 Å². The second-order valence-corrected chi connectivity index (χ2v) is 3.89. The summed E-state index contributed by atoms with van der Waals surface area (Å²) in [4.78, 5) is 16.2. The highest BCUT2D eigenvalue weighted by atomic mass is 16.1. The van der Waals surface area contributed by atoms with Crippen LogP contribution in [-0.4, -0.2) is 24.0 Å². The molecule has 0 bridgehead atoms.